The van der Waals surface area contributed by atoms with Gasteiger partial charge in [-0.3, -0.25) is 14.7 Å². The number of amides is 2. The third-order valence-electron chi connectivity index (χ3n) is 3.55. The number of rotatable bonds is 5. The maximum atomic E-state index is 12.3. The summed E-state index contributed by atoms with van der Waals surface area (Å²) in [6, 6.07) is 9.54. The smallest absolute Gasteiger partial charge is 0.253 e. The van der Waals surface area contributed by atoms with Gasteiger partial charge >= 0.3 is 0 Å². The predicted octanol–water partition coefficient (Wildman–Crippen LogP) is 4.20. The summed E-state index contributed by atoms with van der Waals surface area (Å²) >= 11 is 13.5. The largest absolute Gasteiger partial charge is 0.340 e. The first kappa shape index (κ1) is 18.4. The van der Waals surface area contributed by atoms with Crippen LogP contribution in [0.5, 0.6) is 0 Å². The quantitative estimate of drug-likeness (QED) is 0.590. The van der Waals surface area contributed by atoms with Gasteiger partial charge in [-0.15, -0.1) is 11.3 Å². The van der Waals surface area contributed by atoms with Crippen molar-refractivity contribution in [2.75, 3.05) is 5.32 Å². The number of nitrogens with one attached hydrogen (secondary N) is 3. The molecular formula is C17H14Cl2N4O2S. The summed E-state index contributed by atoms with van der Waals surface area (Å²) in [6.07, 6.45) is 0. The topological polar surface area (TPSA) is 86.9 Å². The number of hydrogen-bond acceptors (Lipinski definition) is 4. The minimum absolute atomic E-state index is 0.146. The van der Waals surface area contributed by atoms with E-state index in [0.717, 1.165) is 10.6 Å². The maximum absolute atomic E-state index is 12.3. The third-order valence-corrected chi connectivity index (χ3v) is 5.27. The summed E-state index contributed by atoms with van der Waals surface area (Å²) in [4.78, 5) is 25.6. The highest BCUT2D eigenvalue weighted by atomic mass is 35.5. The Morgan fingerprint density at radius 3 is 2.77 bits per heavy atom. The Morgan fingerprint density at radius 2 is 2.04 bits per heavy atom. The van der Waals surface area contributed by atoms with Gasteiger partial charge in [-0.25, -0.2) is 0 Å². The predicted molar refractivity (Wildman–Crippen MR) is 104 cm³/mol. The van der Waals surface area contributed by atoms with Crippen LogP contribution in [0.15, 0.2) is 41.8 Å². The van der Waals surface area contributed by atoms with Crippen LogP contribution in [-0.2, 0) is 4.79 Å². The van der Waals surface area contributed by atoms with Crippen molar-refractivity contribution >= 4 is 52.2 Å². The molecule has 0 fully saturated rings. The summed E-state index contributed by atoms with van der Waals surface area (Å²) < 4.78 is 0. The van der Waals surface area contributed by atoms with Crippen molar-refractivity contribution in [3.05, 3.63) is 57.4 Å². The highest BCUT2D eigenvalue weighted by Gasteiger charge is 2.20. The van der Waals surface area contributed by atoms with Crippen LogP contribution in [0.1, 0.15) is 17.3 Å². The molecule has 6 nitrogen and oxygen atoms in total. The molecule has 26 heavy (non-hydrogen) atoms. The number of anilines is 1. The second-order valence-electron chi connectivity index (χ2n) is 5.43. The lowest BCUT2D eigenvalue weighted by Gasteiger charge is -2.14. The second-order valence-corrected chi connectivity index (χ2v) is 7.16. The van der Waals surface area contributed by atoms with Crippen LogP contribution in [0.25, 0.3) is 10.6 Å². The monoisotopic (exact) mass is 408 g/mol. The van der Waals surface area contributed by atoms with Crippen molar-refractivity contribution in [2.45, 2.75) is 13.0 Å². The number of thiophene rings is 1. The van der Waals surface area contributed by atoms with Crippen molar-refractivity contribution in [2.24, 2.45) is 0 Å². The van der Waals surface area contributed by atoms with Gasteiger partial charge < -0.3 is 10.6 Å². The van der Waals surface area contributed by atoms with E-state index in [4.69, 9.17) is 23.2 Å². The molecule has 0 radical (unpaired) electrons. The van der Waals surface area contributed by atoms with Gasteiger partial charge in [0.2, 0.25) is 5.91 Å². The SMILES string of the molecule is CC(NC(=O)c1cccc(Cl)c1Cl)C(=O)Nc1cc(-c2cccs2)[nH]n1. The summed E-state index contributed by atoms with van der Waals surface area (Å²) in [5, 5.41) is 14.5. The van der Waals surface area contributed by atoms with Crippen LogP contribution >= 0.6 is 34.5 Å². The van der Waals surface area contributed by atoms with Gasteiger partial charge in [0.1, 0.15) is 6.04 Å². The highest BCUT2D eigenvalue weighted by molar-refractivity contribution is 7.13. The van der Waals surface area contributed by atoms with E-state index in [0.29, 0.717) is 5.82 Å². The van der Waals surface area contributed by atoms with Gasteiger partial charge in [0.25, 0.3) is 5.91 Å². The Morgan fingerprint density at radius 1 is 1.23 bits per heavy atom. The molecule has 9 heteroatoms. The Kier molecular flexibility index (Phi) is 5.61. The average Bonchev–Trinajstić information content (AvgIpc) is 3.28. The van der Waals surface area contributed by atoms with Gasteiger partial charge in [-0.05, 0) is 30.5 Å². The van der Waals surface area contributed by atoms with Crippen LogP contribution < -0.4 is 10.6 Å². The fourth-order valence-corrected chi connectivity index (χ4v) is 3.28. The second kappa shape index (κ2) is 7.90. The van der Waals surface area contributed by atoms with Crippen molar-refractivity contribution in [3.8, 4) is 10.6 Å². The summed E-state index contributed by atoms with van der Waals surface area (Å²) in [5.41, 5.74) is 1.01. The number of carbonyl (C=O) groups is 2. The van der Waals surface area contributed by atoms with E-state index in [-0.39, 0.29) is 15.6 Å². The molecule has 3 rings (SSSR count). The molecule has 2 aromatic heterocycles. The molecule has 0 aliphatic rings. The van der Waals surface area contributed by atoms with Crippen molar-refractivity contribution in [1.82, 2.24) is 15.5 Å². The average molecular weight is 409 g/mol. The number of hydrogen-bond donors (Lipinski definition) is 3. The van der Waals surface area contributed by atoms with E-state index in [9.17, 15) is 9.59 Å². The molecule has 2 amide bonds. The standard InChI is InChI=1S/C17H14Cl2N4O2S/c1-9(20-17(25)10-4-2-5-11(18)15(10)19)16(24)21-14-8-12(22-23-14)13-6-3-7-26-13/h2-9H,1H3,(H,20,25)(H2,21,22,23,24). The molecule has 2 heterocycles. The van der Waals surface area contributed by atoms with Gasteiger partial charge in [-0.2, -0.15) is 5.10 Å². The number of aromatic nitrogens is 2. The zero-order chi connectivity index (χ0) is 18.7. The maximum Gasteiger partial charge on any atom is 0.253 e. The molecule has 0 saturated carbocycles. The minimum Gasteiger partial charge on any atom is -0.340 e. The minimum atomic E-state index is -0.792. The number of benzene rings is 1. The Hall–Kier alpha value is -2.35. The van der Waals surface area contributed by atoms with Crippen LogP contribution in [0.2, 0.25) is 10.0 Å². The van der Waals surface area contributed by atoms with Crippen molar-refractivity contribution < 1.29 is 9.59 Å². The molecule has 0 spiro atoms. The lowest BCUT2D eigenvalue weighted by molar-refractivity contribution is -0.117. The molecule has 3 aromatic rings. The molecule has 0 aliphatic carbocycles. The van der Waals surface area contributed by atoms with Gasteiger partial charge in [-0.1, -0.05) is 35.3 Å². The Labute approximate surface area is 163 Å². The summed E-state index contributed by atoms with van der Waals surface area (Å²) in [6.45, 7) is 1.57. The number of halogens is 2. The van der Waals surface area contributed by atoms with Gasteiger partial charge in [0, 0.05) is 6.07 Å². The van der Waals surface area contributed by atoms with Crippen molar-refractivity contribution in [1.29, 1.82) is 0 Å². The first-order valence-electron chi connectivity index (χ1n) is 7.60. The van der Waals surface area contributed by atoms with Gasteiger partial charge in [0.05, 0.1) is 26.2 Å². The molecule has 3 N–H and O–H groups in total. The van der Waals surface area contributed by atoms with Crippen LogP contribution in [-0.4, -0.2) is 28.1 Å². The fourth-order valence-electron chi connectivity index (χ4n) is 2.20. The zero-order valence-corrected chi connectivity index (χ0v) is 15.9. The fraction of sp³-hybridized carbons (Fsp3) is 0.118. The zero-order valence-electron chi connectivity index (χ0n) is 13.5. The molecule has 1 atom stereocenters. The molecule has 134 valence electrons. The van der Waals surface area contributed by atoms with E-state index in [2.05, 4.69) is 20.8 Å². The van der Waals surface area contributed by atoms with E-state index >= 15 is 0 Å². The van der Waals surface area contributed by atoms with Crippen LogP contribution in [0.3, 0.4) is 0 Å². The van der Waals surface area contributed by atoms with Crippen LogP contribution in [0.4, 0.5) is 5.82 Å². The van der Waals surface area contributed by atoms with Crippen LogP contribution in [0, 0.1) is 0 Å². The van der Waals surface area contributed by atoms with Gasteiger partial charge in [0.15, 0.2) is 5.82 Å². The van der Waals surface area contributed by atoms with E-state index < -0.39 is 17.9 Å². The molecule has 1 unspecified atom stereocenters. The normalized spacial score (nSPS) is 11.8. The Balaban J connectivity index is 1.63. The number of aromatic amines is 1. The molecule has 0 saturated heterocycles. The van der Waals surface area contributed by atoms with E-state index in [1.807, 2.05) is 17.5 Å². The summed E-state index contributed by atoms with van der Waals surface area (Å²) in [7, 11) is 0. The lowest BCUT2D eigenvalue weighted by Crippen LogP contribution is -2.41. The number of H-pyrrole nitrogens is 1. The first-order chi connectivity index (χ1) is 12.5. The number of carbonyl (C=O) groups excluding carboxylic acids is 2. The molecule has 0 aliphatic heterocycles. The highest BCUT2D eigenvalue weighted by Crippen LogP contribution is 2.26. The molecule has 1 aromatic carbocycles. The number of nitrogens with zero attached hydrogens (tertiary/aromatic N) is 1. The van der Waals surface area contributed by atoms with Crippen molar-refractivity contribution in [3.63, 3.8) is 0 Å². The summed E-state index contributed by atoms with van der Waals surface area (Å²) in [5.74, 6) is -0.512. The van der Waals surface area contributed by atoms with E-state index in [1.54, 1.807) is 36.5 Å². The first-order valence-corrected chi connectivity index (χ1v) is 9.24. The molecular weight excluding hydrogens is 395 g/mol. The lowest BCUT2D eigenvalue weighted by atomic mass is 10.2. The van der Waals surface area contributed by atoms with E-state index in [1.165, 1.54) is 6.07 Å². The molecule has 0 bridgehead atoms. The Bertz CT molecular complexity index is 940. The third kappa shape index (κ3) is 4.07.